The van der Waals surface area contributed by atoms with Crippen LogP contribution in [0.1, 0.15) is 13.3 Å². The van der Waals surface area contributed by atoms with E-state index in [1.807, 2.05) is 43.6 Å². The molecule has 4 heteroatoms. The van der Waals surface area contributed by atoms with Gasteiger partial charge in [-0.3, -0.25) is 0 Å². The Labute approximate surface area is 107 Å². The van der Waals surface area contributed by atoms with E-state index in [0.717, 1.165) is 30.1 Å². The van der Waals surface area contributed by atoms with Crippen molar-refractivity contribution in [1.29, 1.82) is 0 Å². The van der Waals surface area contributed by atoms with Crippen molar-refractivity contribution >= 4 is 0 Å². The van der Waals surface area contributed by atoms with E-state index in [4.69, 9.17) is 10.5 Å². The molecule has 0 spiro atoms. The van der Waals surface area contributed by atoms with Gasteiger partial charge in [-0.15, -0.1) is 0 Å². The van der Waals surface area contributed by atoms with Crippen molar-refractivity contribution in [1.82, 2.24) is 9.55 Å². The predicted molar refractivity (Wildman–Crippen MR) is 72.5 cm³/mol. The molecule has 0 saturated carbocycles. The number of ether oxygens (including phenoxy) is 1. The second-order valence-corrected chi connectivity index (χ2v) is 4.04. The first-order valence-corrected chi connectivity index (χ1v) is 6.29. The average molecular weight is 245 g/mol. The highest BCUT2D eigenvalue weighted by molar-refractivity contribution is 5.56. The summed E-state index contributed by atoms with van der Waals surface area (Å²) in [5.41, 5.74) is 6.63. The van der Waals surface area contributed by atoms with Gasteiger partial charge in [0.15, 0.2) is 0 Å². The highest BCUT2D eigenvalue weighted by Crippen LogP contribution is 2.21. The fourth-order valence-corrected chi connectivity index (χ4v) is 1.88. The van der Waals surface area contributed by atoms with Gasteiger partial charge in [0.1, 0.15) is 11.6 Å². The zero-order chi connectivity index (χ0) is 12.8. The molecule has 1 aromatic carbocycles. The van der Waals surface area contributed by atoms with Gasteiger partial charge in [0, 0.05) is 24.5 Å². The highest BCUT2D eigenvalue weighted by Gasteiger charge is 2.05. The van der Waals surface area contributed by atoms with Crippen molar-refractivity contribution < 1.29 is 4.74 Å². The third-order valence-corrected chi connectivity index (χ3v) is 2.74. The topological polar surface area (TPSA) is 53.1 Å². The molecule has 0 unspecified atom stereocenters. The van der Waals surface area contributed by atoms with Crippen LogP contribution < -0.4 is 10.5 Å². The van der Waals surface area contributed by atoms with Crippen LogP contribution >= 0.6 is 0 Å². The zero-order valence-electron chi connectivity index (χ0n) is 10.7. The molecule has 0 fully saturated rings. The zero-order valence-corrected chi connectivity index (χ0v) is 10.7. The molecule has 2 rings (SSSR count). The number of benzene rings is 1. The maximum atomic E-state index is 5.54. The summed E-state index contributed by atoms with van der Waals surface area (Å²) in [6, 6.07) is 8.01. The predicted octanol–water partition coefficient (Wildman–Crippen LogP) is 2.30. The van der Waals surface area contributed by atoms with Crippen molar-refractivity contribution in [2.75, 3.05) is 13.2 Å². The standard InChI is InChI=1S/C14H19N3O/c1-2-18-13-6-4-12(5-7-13)14-16-9-11-17(14)10-3-8-15/h4-7,9,11H,2-3,8,10,15H2,1H3. The fourth-order valence-electron chi connectivity index (χ4n) is 1.88. The van der Waals surface area contributed by atoms with Gasteiger partial charge in [-0.25, -0.2) is 4.98 Å². The van der Waals surface area contributed by atoms with E-state index >= 15 is 0 Å². The normalized spacial score (nSPS) is 10.6. The molecule has 0 aliphatic rings. The van der Waals surface area contributed by atoms with E-state index in [1.54, 1.807) is 0 Å². The highest BCUT2D eigenvalue weighted by atomic mass is 16.5. The molecule has 0 saturated heterocycles. The number of imidazole rings is 1. The summed E-state index contributed by atoms with van der Waals surface area (Å²) in [7, 11) is 0. The molecule has 0 aliphatic heterocycles. The van der Waals surface area contributed by atoms with Gasteiger partial charge in [-0.05, 0) is 44.2 Å². The first-order valence-electron chi connectivity index (χ1n) is 6.29. The summed E-state index contributed by atoms with van der Waals surface area (Å²) >= 11 is 0. The van der Waals surface area contributed by atoms with Gasteiger partial charge < -0.3 is 15.0 Å². The molecule has 2 aromatic rings. The lowest BCUT2D eigenvalue weighted by Crippen LogP contribution is -2.06. The van der Waals surface area contributed by atoms with Crippen LogP contribution in [0, 0.1) is 0 Å². The van der Waals surface area contributed by atoms with Gasteiger partial charge >= 0.3 is 0 Å². The Balaban J connectivity index is 2.17. The quantitative estimate of drug-likeness (QED) is 0.849. The molecule has 0 amide bonds. The Bertz CT molecular complexity index is 476. The summed E-state index contributed by atoms with van der Waals surface area (Å²) < 4.78 is 7.56. The van der Waals surface area contributed by atoms with Crippen LogP contribution in [0.25, 0.3) is 11.4 Å². The van der Waals surface area contributed by atoms with Crippen LogP contribution in [0.2, 0.25) is 0 Å². The lowest BCUT2D eigenvalue weighted by atomic mass is 10.2. The van der Waals surface area contributed by atoms with Crippen LogP contribution in [0.4, 0.5) is 0 Å². The number of hydrogen-bond donors (Lipinski definition) is 1. The van der Waals surface area contributed by atoms with Crippen molar-refractivity contribution in [3.8, 4) is 17.1 Å². The van der Waals surface area contributed by atoms with E-state index in [1.165, 1.54) is 0 Å². The maximum Gasteiger partial charge on any atom is 0.139 e. The Hall–Kier alpha value is -1.81. The van der Waals surface area contributed by atoms with Gasteiger partial charge in [0.25, 0.3) is 0 Å². The molecule has 0 radical (unpaired) electrons. The largest absolute Gasteiger partial charge is 0.494 e. The van der Waals surface area contributed by atoms with Crippen LogP contribution in [0.5, 0.6) is 5.75 Å². The van der Waals surface area contributed by atoms with E-state index in [2.05, 4.69) is 9.55 Å². The number of aromatic nitrogens is 2. The molecule has 2 N–H and O–H groups in total. The molecule has 1 heterocycles. The van der Waals surface area contributed by atoms with Crippen LogP contribution in [0.15, 0.2) is 36.7 Å². The van der Waals surface area contributed by atoms with Crippen molar-refractivity contribution in [2.24, 2.45) is 5.73 Å². The second-order valence-electron chi connectivity index (χ2n) is 4.04. The average Bonchev–Trinajstić information content (AvgIpc) is 2.86. The molecule has 4 nitrogen and oxygen atoms in total. The van der Waals surface area contributed by atoms with Crippen LogP contribution in [-0.4, -0.2) is 22.7 Å². The van der Waals surface area contributed by atoms with E-state index in [0.29, 0.717) is 13.2 Å². The first kappa shape index (κ1) is 12.6. The van der Waals surface area contributed by atoms with Gasteiger partial charge in [-0.2, -0.15) is 0 Å². The third-order valence-electron chi connectivity index (χ3n) is 2.74. The monoisotopic (exact) mass is 245 g/mol. The molecule has 18 heavy (non-hydrogen) atoms. The summed E-state index contributed by atoms with van der Waals surface area (Å²) in [4.78, 5) is 4.40. The molecule has 1 aromatic heterocycles. The van der Waals surface area contributed by atoms with Crippen molar-refractivity contribution in [3.05, 3.63) is 36.7 Å². The summed E-state index contributed by atoms with van der Waals surface area (Å²) in [6.07, 6.45) is 4.77. The minimum Gasteiger partial charge on any atom is -0.494 e. The Morgan fingerprint density at radius 3 is 2.72 bits per heavy atom. The molecular formula is C14H19N3O. The number of rotatable bonds is 6. The number of nitrogens with zero attached hydrogens (tertiary/aromatic N) is 2. The Morgan fingerprint density at radius 1 is 1.28 bits per heavy atom. The van der Waals surface area contributed by atoms with E-state index in [9.17, 15) is 0 Å². The van der Waals surface area contributed by atoms with Crippen LogP contribution in [0.3, 0.4) is 0 Å². The molecule has 0 atom stereocenters. The first-order chi connectivity index (χ1) is 8.85. The lowest BCUT2D eigenvalue weighted by molar-refractivity contribution is 0.340. The number of nitrogens with two attached hydrogens (primary N) is 1. The summed E-state index contributed by atoms with van der Waals surface area (Å²) in [5.74, 6) is 1.87. The minimum atomic E-state index is 0.685. The number of aryl methyl sites for hydroxylation is 1. The Morgan fingerprint density at radius 2 is 2.06 bits per heavy atom. The van der Waals surface area contributed by atoms with Gasteiger partial charge in [0.05, 0.1) is 6.61 Å². The van der Waals surface area contributed by atoms with Crippen molar-refractivity contribution in [2.45, 2.75) is 19.9 Å². The molecule has 0 aliphatic carbocycles. The molecule has 0 bridgehead atoms. The summed E-state index contributed by atoms with van der Waals surface area (Å²) in [5, 5.41) is 0. The smallest absolute Gasteiger partial charge is 0.139 e. The van der Waals surface area contributed by atoms with E-state index in [-0.39, 0.29) is 0 Å². The lowest BCUT2D eigenvalue weighted by Gasteiger charge is -2.08. The van der Waals surface area contributed by atoms with Crippen molar-refractivity contribution in [3.63, 3.8) is 0 Å². The SMILES string of the molecule is CCOc1ccc(-c2nccn2CCCN)cc1. The maximum absolute atomic E-state index is 5.54. The van der Waals surface area contributed by atoms with E-state index < -0.39 is 0 Å². The molecular weight excluding hydrogens is 226 g/mol. The minimum absolute atomic E-state index is 0.685. The number of hydrogen-bond acceptors (Lipinski definition) is 3. The fraction of sp³-hybridized carbons (Fsp3) is 0.357. The van der Waals surface area contributed by atoms with Gasteiger partial charge in [-0.1, -0.05) is 0 Å². The Kier molecular flexibility index (Phi) is 4.36. The second kappa shape index (κ2) is 6.21. The van der Waals surface area contributed by atoms with Crippen LogP contribution in [-0.2, 0) is 6.54 Å². The van der Waals surface area contributed by atoms with Gasteiger partial charge in [0.2, 0.25) is 0 Å². The summed E-state index contributed by atoms with van der Waals surface area (Å²) in [6.45, 7) is 4.26. The molecule has 96 valence electrons. The third kappa shape index (κ3) is 2.90.